The Labute approximate surface area is 114 Å². The van der Waals surface area contributed by atoms with Crippen LogP contribution in [0.2, 0.25) is 6.55 Å². The molecule has 3 nitrogen and oxygen atoms in total. The van der Waals surface area contributed by atoms with E-state index in [2.05, 4.69) is 27.0 Å². The average Bonchev–Trinajstić information content (AvgIpc) is 2.29. The summed E-state index contributed by atoms with van der Waals surface area (Å²) in [6.45, 7) is 14.4. The highest BCUT2D eigenvalue weighted by Crippen LogP contribution is 2.11. The van der Waals surface area contributed by atoms with Gasteiger partial charge in [-0.2, -0.15) is 0 Å². The molecule has 0 amide bonds. The molecule has 0 aliphatic carbocycles. The van der Waals surface area contributed by atoms with E-state index in [1.54, 1.807) is 0 Å². The zero-order valence-electron chi connectivity index (χ0n) is 12.6. The smallest absolute Gasteiger partial charge is 0.361 e. The molecule has 0 aromatic heterocycles. The van der Waals surface area contributed by atoms with E-state index < -0.39 is 8.56 Å². The third-order valence-electron chi connectivity index (χ3n) is 2.52. The Hall–Kier alpha value is -0.163. The lowest BCUT2D eigenvalue weighted by Gasteiger charge is -2.27. The summed E-state index contributed by atoms with van der Waals surface area (Å²) in [7, 11) is -2.15. The average molecular weight is 274 g/mol. The predicted octanol–water partition coefficient (Wildman–Crippen LogP) is 3.82. The van der Waals surface area contributed by atoms with E-state index >= 15 is 0 Å². The molecule has 0 spiro atoms. The van der Waals surface area contributed by atoms with Crippen molar-refractivity contribution in [3.8, 4) is 0 Å². The van der Waals surface area contributed by atoms with Gasteiger partial charge in [-0.05, 0) is 26.3 Å². The molecule has 0 rings (SSSR count). The molecule has 0 heterocycles. The number of hydrogen-bond donors (Lipinski definition) is 0. The van der Waals surface area contributed by atoms with Crippen molar-refractivity contribution in [3.63, 3.8) is 0 Å². The topological polar surface area (TPSA) is 27.7 Å². The van der Waals surface area contributed by atoms with E-state index in [9.17, 15) is 0 Å². The fourth-order valence-electron chi connectivity index (χ4n) is 1.40. The molecule has 0 bridgehead atoms. The van der Waals surface area contributed by atoms with E-state index in [0.717, 1.165) is 44.5 Å². The highest BCUT2D eigenvalue weighted by atomic mass is 28.4. The molecule has 0 aliphatic rings. The second-order valence-electron chi connectivity index (χ2n) is 4.99. The van der Waals surface area contributed by atoms with Crippen molar-refractivity contribution >= 4 is 8.56 Å². The molecule has 0 unspecified atom stereocenters. The lowest BCUT2D eigenvalue weighted by Crippen LogP contribution is -2.45. The molecule has 0 N–H and O–H groups in total. The van der Waals surface area contributed by atoms with Crippen LogP contribution in [0.5, 0.6) is 0 Å². The summed E-state index contributed by atoms with van der Waals surface area (Å²) in [6, 6.07) is 0. The fraction of sp³-hybridized carbons (Fsp3) is 0.857. The molecule has 0 aromatic rings. The third-order valence-corrected chi connectivity index (χ3v) is 4.88. The SMILES string of the molecule is C=C(C)COC[Si](C)(OCCCC)OCCCC. The lowest BCUT2D eigenvalue weighted by atomic mass is 10.4. The van der Waals surface area contributed by atoms with Crippen LogP contribution >= 0.6 is 0 Å². The van der Waals surface area contributed by atoms with Gasteiger partial charge in [0.1, 0.15) is 0 Å². The van der Waals surface area contributed by atoms with Crippen molar-refractivity contribution in [2.45, 2.75) is 53.0 Å². The molecule has 4 heteroatoms. The summed E-state index contributed by atoms with van der Waals surface area (Å²) in [6.07, 6.45) is 5.05. The Bertz CT molecular complexity index is 209. The van der Waals surface area contributed by atoms with Gasteiger partial charge in [0.2, 0.25) is 0 Å². The fourth-order valence-corrected chi connectivity index (χ4v) is 3.28. The molecule has 0 aromatic carbocycles. The first-order chi connectivity index (χ1) is 8.54. The van der Waals surface area contributed by atoms with Gasteiger partial charge in [-0.3, -0.25) is 0 Å². The van der Waals surface area contributed by atoms with Gasteiger partial charge >= 0.3 is 8.56 Å². The van der Waals surface area contributed by atoms with Crippen LogP contribution in [0.15, 0.2) is 12.2 Å². The predicted molar refractivity (Wildman–Crippen MR) is 79.0 cm³/mol. The van der Waals surface area contributed by atoms with Gasteiger partial charge in [-0.1, -0.05) is 38.8 Å². The maximum atomic E-state index is 5.96. The van der Waals surface area contributed by atoms with Crippen molar-refractivity contribution in [1.82, 2.24) is 0 Å². The van der Waals surface area contributed by atoms with Crippen LogP contribution < -0.4 is 0 Å². The van der Waals surface area contributed by atoms with Gasteiger partial charge < -0.3 is 13.6 Å². The van der Waals surface area contributed by atoms with Gasteiger partial charge in [-0.25, -0.2) is 0 Å². The van der Waals surface area contributed by atoms with E-state index in [1.807, 2.05) is 6.92 Å². The number of rotatable bonds is 12. The van der Waals surface area contributed by atoms with Crippen LogP contribution in [0.4, 0.5) is 0 Å². The molecule has 0 fully saturated rings. The Morgan fingerprint density at radius 1 is 1.06 bits per heavy atom. The van der Waals surface area contributed by atoms with E-state index in [0.29, 0.717) is 12.8 Å². The summed E-state index contributed by atoms with van der Waals surface area (Å²) in [4.78, 5) is 0. The lowest BCUT2D eigenvalue weighted by molar-refractivity contribution is 0.111. The van der Waals surface area contributed by atoms with Crippen molar-refractivity contribution in [3.05, 3.63) is 12.2 Å². The summed E-state index contributed by atoms with van der Waals surface area (Å²) in [5.41, 5.74) is 1.04. The van der Waals surface area contributed by atoms with Crippen LogP contribution in [0.3, 0.4) is 0 Å². The largest absolute Gasteiger partial charge is 0.393 e. The van der Waals surface area contributed by atoms with Crippen molar-refractivity contribution < 1.29 is 13.6 Å². The minimum absolute atomic E-state index is 0.591. The van der Waals surface area contributed by atoms with E-state index in [4.69, 9.17) is 13.6 Å². The first-order valence-corrected chi connectivity index (χ1v) is 9.56. The second kappa shape index (κ2) is 10.7. The Balaban J connectivity index is 4.06. The Kier molecular flexibility index (Phi) is 10.6. The van der Waals surface area contributed by atoms with E-state index in [-0.39, 0.29) is 0 Å². The molecule has 0 atom stereocenters. The van der Waals surface area contributed by atoms with Gasteiger partial charge in [-0.15, -0.1) is 0 Å². The zero-order chi connectivity index (χ0) is 13.9. The highest BCUT2D eigenvalue weighted by Gasteiger charge is 2.31. The summed E-state index contributed by atoms with van der Waals surface area (Å²) < 4.78 is 17.6. The highest BCUT2D eigenvalue weighted by molar-refractivity contribution is 6.65. The van der Waals surface area contributed by atoms with Gasteiger partial charge in [0.25, 0.3) is 0 Å². The van der Waals surface area contributed by atoms with Gasteiger partial charge in [0.15, 0.2) is 0 Å². The van der Waals surface area contributed by atoms with Crippen LogP contribution in [-0.4, -0.2) is 34.6 Å². The first-order valence-electron chi connectivity index (χ1n) is 7.04. The molecular formula is C14H30O3Si. The molecule has 0 saturated carbocycles. The monoisotopic (exact) mass is 274 g/mol. The minimum Gasteiger partial charge on any atom is -0.393 e. The summed E-state index contributed by atoms with van der Waals surface area (Å²) >= 11 is 0. The van der Waals surface area contributed by atoms with Crippen molar-refractivity contribution in [2.24, 2.45) is 0 Å². The minimum atomic E-state index is -2.15. The molecule has 0 radical (unpaired) electrons. The summed E-state index contributed by atoms with van der Waals surface area (Å²) in [5.74, 6) is 0. The molecule has 0 aliphatic heterocycles. The number of unbranched alkanes of at least 4 members (excludes halogenated alkanes) is 2. The second-order valence-corrected chi connectivity index (χ2v) is 8.12. The Morgan fingerprint density at radius 2 is 1.56 bits per heavy atom. The van der Waals surface area contributed by atoms with Crippen LogP contribution in [-0.2, 0) is 13.6 Å². The maximum Gasteiger partial charge on any atom is 0.361 e. The maximum absolute atomic E-state index is 5.96. The molecule has 18 heavy (non-hydrogen) atoms. The van der Waals surface area contributed by atoms with Crippen molar-refractivity contribution in [1.29, 1.82) is 0 Å². The van der Waals surface area contributed by atoms with E-state index in [1.165, 1.54) is 0 Å². The first kappa shape index (κ1) is 17.8. The zero-order valence-corrected chi connectivity index (χ0v) is 13.6. The van der Waals surface area contributed by atoms with Gasteiger partial charge in [0, 0.05) is 13.2 Å². The number of ether oxygens (including phenoxy) is 1. The van der Waals surface area contributed by atoms with Crippen LogP contribution in [0.25, 0.3) is 0 Å². The third kappa shape index (κ3) is 9.83. The molecule has 0 saturated heterocycles. The van der Waals surface area contributed by atoms with Crippen LogP contribution in [0, 0.1) is 0 Å². The Morgan fingerprint density at radius 3 is 1.94 bits per heavy atom. The standard InChI is InChI=1S/C14H30O3Si/c1-6-8-10-16-18(5,17-11-9-7-2)13-15-12-14(3)4/h3,6-13H2,1-2,4-5H3. The van der Waals surface area contributed by atoms with Crippen LogP contribution in [0.1, 0.15) is 46.5 Å². The summed E-state index contributed by atoms with van der Waals surface area (Å²) in [5, 5.41) is 0. The number of hydrogen-bond acceptors (Lipinski definition) is 3. The molecule has 108 valence electrons. The normalized spacial score (nSPS) is 11.8. The van der Waals surface area contributed by atoms with Gasteiger partial charge in [0.05, 0.1) is 12.8 Å². The molecular weight excluding hydrogens is 244 g/mol. The van der Waals surface area contributed by atoms with Crippen molar-refractivity contribution in [2.75, 3.05) is 26.1 Å². The quantitative estimate of drug-likeness (QED) is 0.307.